The predicted octanol–water partition coefficient (Wildman–Crippen LogP) is 3.23. The third-order valence-corrected chi connectivity index (χ3v) is 1.80. The first-order chi connectivity index (χ1) is 6.56. The molecule has 0 rings (SSSR count). The summed E-state index contributed by atoms with van der Waals surface area (Å²) in [5.41, 5.74) is 0. The molecular weight excluding hydrogens is 180 g/mol. The summed E-state index contributed by atoms with van der Waals surface area (Å²) < 4.78 is 9.82. The Morgan fingerprint density at radius 2 is 1.71 bits per heavy atom. The Hall–Kier alpha value is -0.730. The van der Waals surface area contributed by atoms with Gasteiger partial charge in [-0.15, -0.1) is 0 Å². The van der Waals surface area contributed by atoms with Crippen LogP contribution in [-0.4, -0.2) is 19.4 Å². The van der Waals surface area contributed by atoms with Crippen molar-refractivity contribution in [1.82, 2.24) is 0 Å². The van der Waals surface area contributed by atoms with E-state index >= 15 is 0 Å². The minimum Gasteiger partial charge on any atom is -0.434 e. The normalized spacial score (nSPS) is 12.6. The monoisotopic (exact) mass is 202 g/mol. The highest BCUT2D eigenvalue weighted by molar-refractivity contribution is 5.59. The van der Waals surface area contributed by atoms with Crippen LogP contribution in [0.3, 0.4) is 0 Å². The van der Waals surface area contributed by atoms with E-state index < -0.39 is 6.16 Å². The molecule has 3 nitrogen and oxygen atoms in total. The van der Waals surface area contributed by atoms with E-state index in [0.29, 0.717) is 25.0 Å². The zero-order valence-electron chi connectivity index (χ0n) is 9.71. The molecule has 0 radical (unpaired) electrons. The zero-order chi connectivity index (χ0) is 11.0. The lowest BCUT2D eigenvalue weighted by atomic mass is 10.1. The number of hydrogen-bond acceptors (Lipinski definition) is 3. The molecular formula is C11H22O3. The van der Waals surface area contributed by atoms with Crippen LogP contribution in [0, 0.1) is 11.8 Å². The molecule has 0 bridgehead atoms. The molecule has 84 valence electrons. The number of rotatable bonds is 6. The second-order valence-electron chi connectivity index (χ2n) is 4.16. The molecule has 0 aromatic carbocycles. The Balaban J connectivity index is 3.43. The fourth-order valence-corrected chi connectivity index (χ4v) is 1.06. The molecule has 0 heterocycles. The van der Waals surface area contributed by atoms with Crippen molar-refractivity contribution in [3.8, 4) is 0 Å². The number of hydrogen-bond donors (Lipinski definition) is 0. The van der Waals surface area contributed by atoms with Gasteiger partial charge in [0.25, 0.3) is 0 Å². The van der Waals surface area contributed by atoms with Crippen molar-refractivity contribution in [2.45, 2.75) is 40.5 Å². The summed E-state index contributed by atoms with van der Waals surface area (Å²) >= 11 is 0. The summed E-state index contributed by atoms with van der Waals surface area (Å²) in [6, 6.07) is 0. The van der Waals surface area contributed by atoms with Gasteiger partial charge in [0.1, 0.15) is 0 Å². The Morgan fingerprint density at radius 3 is 2.21 bits per heavy atom. The van der Waals surface area contributed by atoms with Crippen molar-refractivity contribution in [3.05, 3.63) is 0 Å². The minimum atomic E-state index is -0.540. The zero-order valence-corrected chi connectivity index (χ0v) is 9.71. The fraction of sp³-hybridized carbons (Fsp3) is 0.909. The van der Waals surface area contributed by atoms with Crippen LogP contribution in [0.15, 0.2) is 0 Å². The SMILES string of the molecule is CCCC(C)COC(=O)OCC(C)C. The summed E-state index contributed by atoms with van der Waals surface area (Å²) in [6.07, 6.45) is 1.66. The average molecular weight is 202 g/mol. The van der Waals surface area contributed by atoms with E-state index in [1.165, 1.54) is 0 Å². The van der Waals surface area contributed by atoms with Crippen LogP contribution in [0.2, 0.25) is 0 Å². The Morgan fingerprint density at radius 1 is 1.14 bits per heavy atom. The quantitative estimate of drug-likeness (QED) is 0.620. The van der Waals surface area contributed by atoms with E-state index in [2.05, 4.69) is 13.8 Å². The Kier molecular flexibility index (Phi) is 7.25. The van der Waals surface area contributed by atoms with Crippen molar-refractivity contribution in [3.63, 3.8) is 0 Å². The van der Waals surface area contributed by atoms with E-state index in [1.807, 2.05) is 13.8 Å². The third-order valence-electron chi connectivity index (χ3n) is 1.80. The molecule has 14 heavy (non-hydrogen) atoms. The summed E-state index contributed by atoms with van der Waals surface area (Å²) in [4.78, 5) is 11.0. The molecule has 0 aliphatic rings. The summed E-state index contributed by atoms with van der Waals surface area (Å²) in [5.74, 6) is 0.780. The van der Waals surface area contributed by atoms with E-state index in [9.17, 15) is 4.79 Å². The highest BCUT2D eigenvalue weighted by Crippen LogP contribution is 2.05. The molecule has 0 spiro atoms. The predicted molar refractivity (Wildman–Crippen MR) is 56.2 cm³/mol. The lowest BCUT2D eigenvalue weighted by molar-refractivity contribution is 0.0382. The molecule has 0 aliphatic heterocycles. The highest BCUT2D eigenvalue weighted by atomic mass is 16.7. The van der Waals surface area contributed by atoms with Gasteiger partial charge in [0.05, 0.1) is 13.2 Å². The lowest BCUT2D eigenvalue weighted by Gasteiger charge is -2.11. The maximum Gasteiger partial charge on any atom is 0.508 e. The van der Waals surface area contributed by atoms with Gasteiger partial charge in [-0.05, 0) is 18.3 Å². The van der Waals surface area contributed by atoms with Crippen LogP contribution >= 0.6 is 0 Å². The first-order valence-electron chi connectivity index (χ1n) is 5.35. The van der Waals surface area contributed by atoms with Crippen molar-refractivity contribution in [2.75, 3.05) is 13.2 Å². The van der Waals surface area contributed by atoms with Crippen molar-refractivity contribution >= 4 is 6.16 Å². The lowest BCUT2D eigenvalue weighted by Crippen LogP contribution is -2.15. The van der Waals surface area contributed by atoms with Crippen LogP contribution in [0.25, 0.3) is 0 Å². The van der Waals surface area contributed by atoms with Gasteiger partial charge in [-0.2, -0.15) is 0 Å². The number of ether oxygens (including phenoxy) is 2. The first-order valence-corrected chi connectivity index (χ1v) is 5.35. The van der Waals surface area contributed by atoms with Gasteiger partial charge in [0.2, 0.25) is 0 Å². The Labute approximate surface area is 86.8 Å². The van der Waals surface area contributed by atoms with Crippen molar-refractivity contribution in [1.29, 1.82) is 0 Å². The minimum absolute atomic E-state index is 0.357. The van der Waals surface area contributed by atoms with Gasteiger partial charge in [0.15, 0.2) is 0 Å². The van der Waals surface area contributed by atoms with Gasteiger partial charge in [-0.3, -0.25) is 0 Å². The molecule has 0 amide bonds. The van der Waals surface area contributed by atoms with Gasteiger partial charge >= 0.3 is 6.16 Å². The molecule has 0 aromatic rings. The van der Waals surface area contributed by atoms with E-state index in [4.69, 9.17) is 9.47 Å². The van der Waals surface area contributed by atoms with Crippen molar-refractivity contribution in [2.24, 2.45) is 11.8 Å². The van der Waals surface area contributed by atoms with Crippen LogP contribution in [0.1, 0.15) is 40.5 Å². The second-order valence-corrected chi connectivity index (χ2v) is 4.16. The van der Waals surface area contributed by atoms with Crippen LogP contribution < -0.4 is 0 Å². The maximum atomic E-state index is 11.0. The van der Waals surface area contributed by atoms with Crippen LogP contribution in [-0.2, 0) is 9.47 Å². The topological polar surface area (TPSA) is 35.5 Å². The average Bonchev–Trinajstić information content (AvgIpc) is 2.12. The van der Waals surface area contributed by atoms with E-state index in [1.54, 1.807) is 0 Å². The van der Waals surface area contributed by atoms with E-state index in [0.717, 1.165) is 12.8 Å². The second kappa shape index (κ2) is 7.65. The molecule has 1 unspecified atom stereocenters. The number of carbonyl (C=O) groups is 1. The molecule has 1 atom stereocenters. The smallest absolute Gasteiger partial charge is 0.434 e. The molecule has 0 saturated heterocycles. The summed E-state index contributed by atoms with van der Waals surface area (Å²) in [7, 11) is 0. The first kappa shape index (κ1) is 13.3. The maximum absolute atomic E-state index is 11.0. The highest BCUT2D eigenvalue weighted by Gasteiger charge is 2.08. The molecule has 0 aliphatic carbocycles. The van der Waals surface area contributed by atoms with Gasteiger partial charge in [0, 0.05) is 0 Å². The molecule has 0 N–H and O–H groups in total. The third kappa shape index (κ3) is 7.90. The molecule has 0 fully saturated rings. The van der Waals surface area contributed by atoms with Gasteiger partial charge in [-0.1, -0.05) is 34.1 Å². The Bertz CT molecular complexity index is 155. The molecule has 0 aromatic heterocycles. The summed E-state index contributed by atoms with van der Waals surface area (Å²) in [6.45, 7) is 9.07. The largest absolute Gasteiger partial charge is 0.508 e. The van der Waals surface area contributed by atoms with Crippen LogP contribution in [0.5, 0.6) is 0 Å². The fourth-order valence-electron chi connectivity index (χ4n) is 1.06. The van der Waals surface area contributed by atoms with Crippen LogP contribution in [0.4, 0.5) is 4.79 Å². The molecule has 3 heteroatoms. The summed E-state index contributed by atoms with van der Waals surface area (Å²) in [5, 5.41) is 0. The van der Waals surface area contributed by atoms with Crippen molar-refractivity contribution < 1.29 is 14.3 Å². The van der Waals surface area contributed by atoms with Gasteiger partial charge < -0.3 is 9.47 Å². The molecule has 0 saturated carbocycles. The van der Waals surface area contributed by atoms with E-state index in [-0.39, 0.29) is 0 Å². The standard InChI is InChI=1S/C11H22O3/c1-5-6-10(4)8-14-11(12)13-7-9(2)3/h9-10H,5-8H2,1-4H3. The number of carbonyl (C=O) groups excluding carboxylic acids is 1. The van der Waals surface area contributed by atoms with Gasteiger partial charge in [-0.25, -0.2) is 4.79 Å².